The first-order valence-electron chi connectivity index (χ1n) is 3.39. The van der Waals surface area contributed by atoms with Crippen molar-refractivity contribution in [3.63, 3.8) is 0 Å². The van der Waals surface area contributed by atoms with Gasteiger partial charge in [-0.2, -0.15) is 0 Å². The van der Waals surface area contributed by atoms with Crippen LogP contribution in [0.5, 0.6) is 0 Å². The van der Waals surface area contributed by atoms with E-state index in [1.807, 2.05) is 0 Å². The highest BCUT2D eigenvalue weighted by Crippen LogP contribution is 1.93. The summed E-state index contributed by atoms with van der Waals surface area (Å²) in [6.07, 6.45) is 0. The first-order valence-corrected chi connectivity index (χ1v) is 9.75. The van der Waals surface area contributed by atoms with E-state index in [9.17, 15) is 0 Å². The summed E-state index contributed by atoms with van der Waals surface area (Å²) in [5.74, 6) is 0. The molecule has 0 aliphatic rings. The molecule has 0 saturated carbocycles. The number of aryl methyl sites for hydroxylation is 2. The third-order valence-electron chi connectivity index (χ3n) is 1.64. The summed E-state index contributed by atoms with van der Waals surface area (Å²) >= 11 is 0. The molecule has 9 heavy (non-hydrogen) atoms. The second-order valence-electron chi connectivity index (χ2n) is 2.46. The van der Waals surface area contributed by atoms with Crippen molar-refractivity contribution in [3.05, 3.63) is 17.5 Å². The average Bonchev–Trinajstić information content (AvgIpc) is 2.10. The number of aromatic amines is 1. The van der Waals surface area contributed by atoms with Gasteiger partial charge in [0.15, 0.2) is 0 Å². The second kappa shape index (κ2) is 2.53. The van der Waals surface area contributed by atoms with Gasteiger partial charge in [0.05, 0.1) is 0 Å². The van der Waals surface area contributed by atoms with Crippen LogP contribution in [0, 0.1) is 13.8 Å². The largest absolute Gasteiger partial charge is 0.363 e. The number of aromatic nitrogens is 1. The molecule has 0 bridgehead atoms. The van der Waals surface area contributed by atoms with Gasteiger partial charge in [0.25, 0.3) is 0 Å². The molecule has 1 heterocycles. The third kappa shape index (κ3) is 1.34. The number of rotatable bonds is 1. The van der Waals surface area contributed by atoms with Crippen molar-refractivity contribution in [3.8, 4) is 0 Å². The lowest BCUT2D eigenvalue weighted by Crippen LogP contribution is -2.14. The Hall–Kier alpha value is -0.286. The summed E-state index contributed by atoms with van der Waals surface area (Å²) < 4.78 is 0. The highest BCUT2D eigenvalue weighted by atomic mass is 29.1. The molecule has 0 aromatic carbocycles. The number of H-pyrrole nitrogens is 1. The summed E-state index contributed by atoms with van der Waals surface area (Å²) in [5, 5.41) is 1.64. The lowest BCUT2D eigenvalue weighted by atomic mass is 10.4. The SMILES string of the molecule is Cc1cc([SiH2][SiH3])c(C)[nH]1. The maximum Gasteiger partial charge on any atom is 0.0407 e. The van der Waals surface area contributed by atoms with Gasteiger partial charge >= 0.3 is 0 Å². The molecule has 0 radical (unpaired) electrons. The van der Waals surface area contributed by atoms with Crippen molar-refractivity contribution in [1.29, 1.82) is 0 Å². The molecule has 0 saturated heterocycles. The Morgan fingerprint density at radius 2 is 2.22 bits per heavy atom. The predicted octanol–water partition coefficient (Wildman–Crippen LogP) is -1.29. The van der Waals surface area contributed by atoms with Gasteiger partial charge in [-0.1, -0.05) is 5.19 Å². The van der Waals surface area contributed by atoms with Crippen LogP contribution in [0.1, 0.15) is 11.4 Å². The first kappa shape index (κ1) is 6.83. The molecule has 0 aliphatic carbocycles. The monoisotopic (exact) mass is 155 g/mol. The summed E-state index contributed by atoms with van der Waals surface area (Å²) in [6.45, 7) is 4.30. The van der Waals surface area contributed by atoms with Gasteiger partial charge in [-0.15, -0.1) is 0 Å². The van der Waals surface area contributed by atoms with E-state index in [-0.39, 0.29) is 9.04 Å². The zero-order valence-electron chi connectivity index (χ0n) is 6.28. The van der Waals surface area contributed by atoms with Gasteiger partial charge < -0.3 is 4.98 Å². The van der Waals surface area contributed by atoms with Crippen molar-refractivity contribution in [2.45, 2.75) is 13.8 Å². The zero-order chi connectivity index (χ0) is 6.85. The fraction of sp³-hybridized carbons (Fsp3) is 0.333. The molecule has 1 aromatic heterocycles. The minimum Gasteiger partial charge on any atom is -0.363 e. The van der Waals surface area contributed by atoms with E-state index in [1.54, 1.807) is 5.19 Å². The molecule has 1 N–H and O–H groups in total. The lowest BCUT2D eigenvalue weighted by molar-refractivity contribution is 1.19. The Morgan fingerprint density at radius 3 is 2.44 bits per heavy atom. The first-order chi connectivity index (χ1) is 4.24. The van der Waals surface area contributed by atoms with Crippen LogP contribution >= 0.6 is 0 Å². The van der Waals surface area contributed by atoms with Crippen molar-refractivity contribution in [2.75, 3.05) is 0 Å². The molecule has 3 heteroatoms. The van der Waals surface area contributed by atoms with E-state index in [0.29, 0.717) is 0 Å². The standard InChI is InChI=1S/C6H13NSi2/c1-4-3-6(9-8)5(2)7-4/h3,7H,9H2,1-2,8H3. The molecule has 0 amide bonds. The van der Waals surface area contributed by atoms with E-state index in [4.69, 9.17) is 0 Å². The van der Waals surface area contributed by atoms with E-state index >= 15 is 0 Å². The topological polar surface area (TPSA) is 15.8 Å². The lowest BCUT2D eigenvalue weighted by Gasteiger charge is -1.88. The minimum absolute atomic E-state index is 0.191. The van der Waals surface area contributed by atoms with Crippen molar-refractivity contribution in [1.82, 2.24) is 4.98 Å². The second-order valence-corrected chi connectivity index (χ2v) is 6.05. The van der Waals surface area contributed by atoms with E-state index in [0.717, 1.165) is 0 Å². The van der Waals surface area contributed by atoms with Crippen molar-refractivity contribution in [2.24, 2.45) is 0 Å². The summed E-state index contributed by atoms with van der Waals surface area (Å²) in [7, 11) is 1.60. The molecule has 50 valence electrons. The normalized spacial score (nSPS) is 11.8. The minimum atomic E-state index is 0.191. The van der Waals surface area contributed by atoms with Crippen molar-refractivity contribution >= 4 is 24.0 Å². The quantitative estimate of drug-likeness (QED) is 0.486. The smallest absolute Gasteiger partial charge is 0.0407 e. The predicted molar refractivity (Wildman–Crippen MR) is 48.4 cm³/mol. The Bertz CT molecular complexity index is 205. The molecule has 0 fully saturated rings. The Morgan fingerprint density at radius 1 is 1.56 bits per heavy atom. The molecular formula is C6H13NSi2. The molecular weight excluding hydrogens is 142 g/mol. The van der Waals surface area contributed by atoms with Crippen LogP contribution in [0.4, 0.5) is 0 Å². The number of hydrogen-bond donors (Lipinski definition) is 1. The number of nitrogens with one attached hydrogen (secondary N) is 1. The van der Waals surface area contributed by atoms with Crippen LogP contribution in [-0.4, -0.2) is 23.8 Å². The maximum atomic E-state index is 3.32. The number of hydrogen-bond acceptors (Lipinski definition) is 0. The van der Waals surface area contributed by atoms with E-state index in [2.05, 4.69) is 24.9 Å². The van der Waals surface area contributed by atoms with Crippen LogP contribution in [-0.2, 0) is 0 Å². The molecule has 1 nitrogen and oxygen atoms in total. The van der Waals surface area contributed by atoms with Crippen LogP contribution < -0.4 is 5.19 Å². The fourth-order valence-corrected chi connectivity index (χ4v) is 4.48. The van der Waals surface area contributed by atoms with Gasteiger partial charge in [-0.3, -0.25) is 0 Å². The molecule has 1 aromatic rings. The maximum absolute atomic E-state index is 3.32. The molecule has 0 spiro atoms. The summed E-state index contributed by atoms with van der Waals surface area (Å²) in [5.41, 5.74) is 2.74. The summed E-state index contributed by atoms with van der Waals surface area (Å²) in [6, 6.07) is 2.30. The fourth-order valence-electron chi connectivity index (χ4n) is 1.15. The molecule has 1 rings (SSSR count). The van der Waals surface area contributed by atoms with Gasteiger partial charge in [0.2, 0.25) is 0 Å². The average molecular weight is 155 g/mol. The highest BCUT2D eigenvalue weighted by molar-refractivity contribution is 6.97. The Labute approximate surface area is 60.9 Å². The summed E-state index contributed by atoms with van der Waals surface area (Å²) in [4.78, 5) is 3.32. The Kier molecular flexibility index (Phi) is 1.92. The molecule has 0 aliphatic heterocycles. The van der Waals surface area contributed by atoms with Crippen LogP contribution in [0.2, 0.25) is 0 Å². The van der Waals surface area contributed by atoms with E-state index in [1.165, 1.54) is 21.1 Å². The third-order valence-corrected chi connectivity index (χ3v) is 5.42. The Balaban J connectivity index is 3.01. The van der Waals surface area contributed by atoms with Crippen molar-refractivity contribution < 1.29 is 0 Å². The molecule has 0 atom stereocenters. The van der Waals surface area contributed by atoms with Gasteiger partial charge in [0, 0.05) is 20.4 Å². The van der Waals surface area contributed by atoms with Gasteiger partial charge in [-0.25, -0.2) is 0 Å². The van der Waals surface area contributed by atoms with Gasteiger partial charge in [-0.05, 0) is 29.7 Å². The van der Waals surface area contributed by atoms with E-state index < -0.39 is 0 Å². The highest BCUT2D eigenvalue weighted by Gasteiger charge is 1.96. The zero-order valence-corrected chi connectivity index (χ0v) is 9.70. The van der Waals surface area contributed by atoms with Gasteiger partial charge in [0.1, 0.15) is 0 Å². The van der Waals surface area contributed by atoms with Crippen LogP contribution in [0.15, 0.2) is 6.07 Å². The van der Waals surface area contributed by atoms with Crippen LogP contribution in [0.3, 0.4) is 0 Å². The van der Waals surface area contributed by atoms with Crippen LogP contribution in [0.25, 0.3) is 0 Å². The molecule has 0 unspecified atom stereocenters.